The topological polar surface area (TPSA) is 85.4 Å². The molecular formula is C30H28BrF2N5O3. The van der Waals surface area contributed by atoms with E-state index >= 15 is 0 Å². The molecule has 0 aliphatic carbocycles. The van der Waals surface area contributed by atoms with E-state index in [1.807, 2.05) is 18.2 Å². The van der Waals surface area contributed by atoms with E-state index in [9.17, 15) is 8.78 Å². The van der Waals surface area contributed by atoms with Crippen LogP contribution in [0.1, 0.15) is 36.3 Å². The summed E-state index contributed by atoms with van der Waals surface area (Å²) in [6, 6.07) is 14.8. The molecule has 1 atom stereocenters. The van der Waals surface area contributed by atoms with Crippen LogP contribution in [0.5, 0.6) is 11.6 Å². The second-order valence-corrected chi connectivity index (χ2v) is 11.2. The number of pyridine rings is 1. The Balaban J connectivity index is 1.06. The molecule has 8 nitrogen and oxygen atoms in total. The fraction of sp³-hybridized carbons (Fsp3) is 0.367. The van der Waals surface area contributed by atoms with Crippen LogP contribution in [0, 0.1) is 23.0 Å². The molecule has 0 N–H and O–H groups in total. The molecule has 2 aliphatic rings. The van der Waals surface area contributed by atoms with Gasteiger partial charge in [-0.2, -0.15) is 5.26 Å². The SMILES string of the molecule is N#Cc1ccc(OCc2cccc(OC3CCN(Cc4nc5c(F)cc(Br)cc5n4C[C@@H]4CCO4)CC3)n2)c(F)c1. The van der Waals surface area contributed by atoms with Crippen molar-refractivity contribution in [2.45, 2.75) is 51.2 Å². The van der Waals surface area contributed by atoms with Crippen LogP contribution in [-0.2, 0) is 24.4 Å². The number of likely N-dealkylation sites (tertiary alicyclic amines) is 1. The number of benzene rings is 2. The summed E-state index contributed by atoms with van der Waals surface area (Å²) in [4.78, 5) is 11.5. The van der Waals surface area contributed by atoms with E-state index in [0.717, 1.165) is 56.4 Å². The van der Waals surface area contributed by atoms with Crippen LogP contribution in [0.2, 0.25) is 0 Å². The Bertz CT molecular complexity index is 1600. The molecule has 2 aromatic carbocycles. The summed E-state index contributed by atoms with van der Waals surface area (Å²) in [5, 5.41) is 8.90. The summed E-state index contributed by atoms with van der Waals surface area (Å²) in [7, 11) is 0. The van der Waals surface area contributed by atoms with Crippen LogP contribution in [0.15, 0.2) is 53.0 Å². The maximum atomic E-state index is 14.7. The monoisotopic (exact) mass is 623 g/mol. The molecule has 212 valence electrons. The van der Waals surface area contributed by atoms with Gasteiger partial charge in [-0.1, -0.05) is 22.0 Å². The molecule has 4 heterocycles. The molecule has 6 rings (SSSR count). The largest absolute Gasteiger partial charge is 0.484 e. The highest BCUT2D eigenvalue weighted by atomic mass is 79.9. The van der Waals surface area contributed by atoms with Crippen molar-refractivity contribution in [1.29, 1.82) is 5.26 Å². The highest BCUT2D eigenvalue weighted by molar-refractivity contribution is 9.10. The molecular weight excluding hydrogens is 596 g/mol. The van der Waals surface area contributed by atoms with Crippen LogP contribution < -0.4 is 9.47 Å². The van der Waals surface area contributed by atoms with Crippen molar-refractivity contribution in [3.05, 3.63) is 81.7 Å². The second kappa shape index (κ2) is 12.1. The van der Waals surface area contributed by atoms with E-state index in [0.29, 0.717) is 34.7 Å². The number of rotatable bonds is 9. The number of nitriles is 1. The Morgan fingerprint density at radius 3 is 2.61 bits per heavy atom. The van der Waals surface area contributed by atoms with Crippen LogP contribution in [0.25, 0.3) is 11.0 Å². The van der Waals surface area contributed by atoms with Crippen molar-refractivity contribution < 1.29 is 23.0 Å². The zero-order valence-electron chi connectivity index (χ0n) is 22.2. The van der Waals surface area contributed by atoms with E-state index in [1.54, 1.807) is 12.1 Å². The van der Waals surface area contributed by atoms with Gasteiger partial charge in [-0.3, -0.25) is 4.90 Å². The van der Waals surface area contributed by atoms with Gasteiger partial charge < -0.3 is 18.8 Å². The van der Waals surface area contributed by atoms with E-state index < -0.39 is 5.82 Å². The third-order valence-corrected chi connectivity index (χ3v) is 7.89. The van der Waals surface area contributed by atoms with Gasteiger partial charge in [0.05, 0.1) is 42.0 Å². The number of fused-ring (bicyclic) bond motifs is 1. The maximum absolute atomic E-state index is 14.7. The minimum atomic E-state index is -0.590. The fourth-order valence-corrected chi connectivity index (χ4v) is 5.57. The predicted octanol–water partition coefficient (Wildman–Crippen LogP) is 5.75. The third kappa shape index (κ3) is 6.35. The molecule has 0 radical (unpaired) electrons. The first kappa shape index (κ1) is 27.6. The zero-order valence-corrected chi connectivity index (χ0v) is 23.8. The maximum Gasteiger partial charge on any atom is 0.213 e. The molecule has 0 bridgehead atoms. The van der Waals surface area contributed by atoms with E-state index in [-0.39, 0.29) is 35.9 Å². The lowest BCUT2D eigenvalue weighted by Gasteiger charge is -2.32. The summed E-state index contributed by atoms with van der Waals surface area (Å²) in [6.07, 6.45) is 2.74. The molecule has 2 aromatic heterocycles. The number of piperidine rings is 1. The molecule has 0 saturated carbocycles. The molecule has 41 heavy (non-hydrogen) atoms. The molecule has 0 unspecified atom stereocenters. The summed E-state index contributed by atoms with van der Waals surface area (Å²) >= 11 is 3.41. The van der Waals surface area contributed by atoms with Crippen molar-refractivity contribution in [3.8, 4) is 17.7 Å². The minimum Gasteiger partial charge on any atom is -0.484 e. The lowest BCUT2D eigenvalue weighted by molar-refractivity contribution is -0.0592. The summed E-state index contributed by atoms with van der Waals surface area (Å²) < 4.78 is 49.0. The number of nitrogens with zero attached hydrogens (tertiary/aromatic N) is 5. The minimum absolute atomic E-state index is 0.00137. The molecule has 2 aliphatic heterocycles. The van der Waals surface area contributed by atoms with E-state index in [2.05, 4.69) is 35.4 Å². The number of hydrogen-bond acceptors (Lipinski definition) is 7. The van der Waals surface area contributed by atoms with Gasteiger partial charge in [0.2, 0.25) is 5.88 Å². The highest BCUT2D eigenvalue weighted by Crippen LogP contribution is 2.28. The highest BCUT2D eigenvalue weighted by Gasteiger charge is 2.26. The summed E-state index contributed by atoms with van der Waals surface area (Å²) in [5.41, 5.74) is 2.01. The summed E-state index contributed by atoms with van der Waals surface area (Å²) in [6.45, 7) is 3.72. The Kier molecular flexibility index (Phi) is 8.14. The van der Waals surface area contributed by atoms with Crippen molar-refractivity contribution in [1.82, 2.24) is 19.4 Å². The smallest absolute Gasteiger partial charge is 0.213 e. The van der Waals surface area contributed by atoms with Gasteiger partial charge in [0.1, 0.15) is 24.1 Å². The fourth-order valence-electron chi connectivity index (χ4n) is 5.15. The molecule has 2 fully saturated rings. The van der Waals surface area contributed by atoms with Gasteiger partial charge in [-0.25, -0.2) is 18.7 Å². The van der Waals surface area contributed by atoms with Gasteiger partial charge in [0, 0.05) is 30.2 Å². The van der Waals surface area contributed by atoms with Crippen LogP contribution >= 0.6 is 15.9 Å². The predicted molar refractivity (Wildman–Crippen MR) is 150 cm³/mol. The van der Waals surface area contributed by atoms with Crippen LogP contribution in [0.4, 0.5) is 8.78 Å². The van der Waals surface area contributed by atoms with Gasteiger partial charge in [0.15, 0.2) is 17.4 Å². The Morgan fingerprint density at radius 1 is 1.05 bits per heavy atom. The average Bonchev–Trinajstić information content (AvgIpc) is 3.28. The van der Waals surface area contributed by atoms with Crippen LogP contribution in [0.3, 0.4) is 0 Å². The Labute approximate surface area is 244 Å². The van der Waals surface area contributed by atoms with Gasteiger partial charge in [-0.15, -0.1) is 0 Å². The quantitative estimate of drug-likeness (QED) is 0.234. The van der Waals surface area contributed by atoms with Crippen molar-refractivity contribution >= 4 is 27.0 Å². The number of aromatic nitrogens is 3. The summed E-state index contributed by atoms with van der Waals surface area (Å²) in [5.74, 6) is 0.466. The zero-order chi connectivity index (χ0) is 28.3. The second-order valence-electron chi connectivity index (χ2n) is 10.3. The average molecular weight is 624 g/mol. The molecule has 2 saturated heterocycles. The van der Waals surface area contributed by atoms with Gasteiger partial charge in [0.25, 0.3) is 0 Å². The number of ether oxygens (including phenoxy) is 3. The first-order valence-corrected chi connectivity index (χ1v) is 14.4. The van der Waals surface area contributed by atoms with E-state index in [4.69, 9.17) is 19.5 Å². The first-order chi connectivity index (χ1) is 19.9. The number of imidazole rings is 1. The third-order valence-electron chi connectivity index (χ3n) is 7.44. The Hall–Kier alpha value is -3.59. The lowest BCUT2D eigenvalue weighted by atomic mass is 10.1. The van der Waals surface area contributed by atoms with Gasteiger partial charge >= 0.3 is 0 Å². The van der Waals surface area contributed by atoms with Crippen molar-refractivity contribution in [2.24, 2.45) is 0 Å². The molecule has 4 aromatic rings. The molecule has 0 amide bonds. The standard InChI is InChI=1S/C30H28BrF2N5O3/c31-20-13-25(33)30-26(14-20)38(16-23-8-11-39-23)28(36-30)17-37-9-6-22(7-10-37)41-29-3-1-2-21(35-29)18-40-27-5-4-19(15-34)12-24(27)32/h1-5,12-14,22-23H,6-11,16-18H2/t23-/m0/s1. The van der Waals surface area contributed by atoms with Gasteiger partial charge in [-0.05, 0) is 55.7 Å². The van der Waals surface area contributed by atoms with E-state index in [1.165, 1.54) is 18.2 Å². The normalized spacial score (nSPS) is 17.8. The number of hydrogen-bond donors (Lipinski definition) is 0. The number of halogens is 3. The lowest BCUT2D eigenvalue weighted by Crippen LogP contribution is -2.39. The van der Waals surface area contributed by atoms with Crippen molar-refractivity contribution in [3.63, 3.8) is 0 Å². The molecule has 0 spiro atoms. The molecule has 11 heteroatoms. The van der Waals surface area contributed by atoms with Crippen LogP contribution in [-0.4, -0.2) is 51.3 Å². The Morgan fingerprint density at radius 2 is 1.88 bits per heavy atom. The first-order valence-electron chi connectivity index (χ1n) is 13.6. The van der Waals surface area contributed by atoms with Crippen molar-refractivity contribution in [2.75, 3.05) is 19.7 Å².